The fourth-order valence-corrected chi connectivity index (χ4v) is 5.07. The molecule has 0 spiro atoms. The number of rotatable bonds is 2. The van der Waals surface area contributed by atoms with Gasteiger partial charge in [0.1, 0.15) is 0 Å². The van der Waals surface area contributed by atoms with Crippen LogP contribution in [0.15, 0.2) is 45.8 Å². The van der Waals surface area contributed by atoms with Crippen LogP contribution in [0.25, 0.3) is 0 Å². The first-order valence-corrected chi connectivity index (χ1v) is 8.15. The second-order valence-corrected chi connectivity index (χ2v) is 7.77. The molecule has 96 valence electrons. The van der Waals surface area contributed by atoms with Gasteiger partial charge in [-0.15, -0.1) is 0 Å². The highest BCUT2D eigenvalue weighted by molar-refractivity contribution is 9.10. The maximum Gasteiger partial charge on any atom is 0.243 e. The minimum Gasteiger partial charge on any atom is -0.207 e. The van der Waals surface area contributed by atoms with Crippen molar-refractivity contribution in [1.29, 1.82) is 0 Å². The molecular formula is C13H14BrNO2S. The maximum atomic E-state index is 12.6. The SMILES string of the molecule is C[C@@]12CC=CC[C@H]1N2S(=O)(=O)c1ccc(Br)cc1. The van der Waals surface area contributed by atoms with Crippen LogP contribution in [0.3, 0.4) is 0 Å². The lowest BCUT2D eigenvalue weighted by Gasteiger charge is -2.11. The van der Waals surface area contributed by atoms with Crippen LogP contribution in [0.2, 0.25) is 0 Å². The Morgan fingerprint density at radius 1 is 1.28 bits per heavy atom. The molecule has 0 aromatic heterocycles. The van der Waals surface area contributed by atoms with Gasteiger partial charge in [-0.25, -0.2) is 8.42 Å². The van der Waals surface area contributed by atoms with Crippen molar-refractivity contribution in [3.63, 3.8) is 0 Å². The molecule has 3 atom stereocenters. The van der Waals surface area contributed by atoms with E-state index >= 15 is 0 Å². The summed E-state index contributed by atoms with van der Waals surface area (Å²) < 4.78 is 27.7. The molecule has 1 fully saturated rings. The predicted octanol–water partition coefficient (Wildman–Crippen LogP) is 2.93. The second kappa shape index (κ2) is 3.92. The Bertz CT molecular complexity index is 608. The molecular weight excluding hydrogens is 314 g/mol. The minimum absolute atomic E-state index is 0.135. The smallest absolute Gasteiger partial charge is 0.207 e. The Morgan fingerprint density at radius 2 is 1.94 bits per heavy atom. The molecule has 0 bridgehead atoms. The number of sulfonamides is 1. The maximum absolute atomic E-state index is 12.6. The van der Waals surface area contributed by atoms with Crippen molar-refractivity contribution in [2.75, 3.05) is 0 Å². The molecule has 1 aromatic rings. The van der Waals surface area contributed by atoms with E-state index in [1.807, 2.05) is 6.92 Å². The van der Waals surface area contributed by atoms with Crippen molar-refractivity contribution in [2.24, 2.45) is 0 Å². The summed E-state index contributed by atoms with van der Waals surface area (Å²) in [5.74, 6) is 0. The van der Waals surface area contributed by atoms with E-state index in [9.17, 15) is 8.42 Å². The zero-order valence-corrected chi connectivity index (χ0v) is 12.4. The molecule has 1 saturated heterocycles. The molecule has 1 aliphatic heterocycles. The molecule has 1 unspecified atom stereocenters. The summed E-state index contributed by atoms with van der Waals surface area (Å²) in [6.07, 6.45) is 5.79. The summed E-state index contributed by atoms with van der Waals surface area (Å²) >= 11 is 3.32. The lowest BCUT2D eigenvalue weighted by molar-refractivity contribution is 0.516. The first kappa shape index (κ1) is 12.4. The number of halogens is 1. The highest BCUT2D eigenvalue weighted by Gasteiger charge is 2.64. The summed E-state index contributed by atoms with van der Waals surface area (Å²) in [6, 6.07) is 6.97. The number of hydrogen-bond acceptors (Lipinski definition) is 2. The van der Waals surface area contributed by atoms with Crippen molar-refractivity contribution >= 4 is 26.0 Å². The lowest BCUT2D eigenvalue weighted by atomic mass is 9.96. The highest BCUT2D eigenvalue weighted by Crippen LogP contribution is 2.52. The normalized spacial score (nSPS) is 34.1. The zero-order valence-electron chi connectivity index (χ0n) is 10.0. The molecule has 3 rings (SSSR count). The van der Waals surface area contributed by atoms with Crippen LogP contribution in [0.1, 0.15) is 19.8 Å². The van der Waals surface area contributed by atoms with Crippen molar-refractivity contribution in [3.8, 4) is 0 Å². The lowest BCUT2D eigenvalue weighted by Crippen LogP contribution is -2.20. The van der Waals surface area contributed by atoms with Crippen LogP contribution >= 0.6 is 15.9 Å². The van der Waals surface area contributed by atoms with Gasteiger partial charge in [-0.1, -0.05) is 28.1 Å². The number of benzene rings is 1. The largest absolute Gasteiger partial charge is 0.243 e. The quantitative estimate of drug-likeness (QED) is 0.618. The van der Waals surface area contributed by atoms with Crippen LogP contribution in [-0.4, -0.2) is 24.3 Å². The molecule has 1 heterocycles. The van der Waals surface area contributed by atoms with Gasteiger partial charge in [-0.2, -0.15) is 4.31 Å². The summed E-state index contributed by atoms with van der Waals surface area (Å²) in [5.41, 5.74) is -0.208. The average Bonchev–Trinajstić information content (AvgIpc) is 2.96. The van der Waals surface area contributed by atoms with Gasteiger partial charge < -0.3 is 0 Å². The van der Waals surface area contributed by atoms with E-state index in [0.717, 1.165) is 17.3 Å². The van der Waals surface area contributed by atoms with Gasteiger partial charge in [0.15, 0.2) is 0 Å². The van der Waals surface area contributed by atoms with Crippen molar-refractivity contribution in [2.45, 2.75) is 36.2 Å². The fraction of sp³-hybridized carbons (Fsp3) is 0.385. The monoisotopic (exact) mass is 327 g/mol. The van der Waals surface area contributed by atoms with E-state index in [1.54, 1.807) is 28.6 Å². The van der Waals surface area contributed by atoms with Crippen LogP contribution in [0, 0.1) is 0 Å². The highest BCUT2D eigenvalue weighted by atomic mass is 79.9. The van der Waals surface area contributed by atoms with Crippen molar-refractivity contribution < 1.29 is 8.42 Å². The van der Waals surface area contributed by atoms with Gasteiger partial charge in [0.2, 0.25) is 10.0 Å². The molecule has 5 heteroatoms. The van der Waals surface area contributed by atoms with E-state index < -0.39 is 10.0 Å². The summed E-state index contributed by atoms with van der Waals surface area (Å²) in [6.45, 7) is 2.03. The molecule has 1 aliphatic carbocycles. The zero-order chi connectivity index (χ0) is 13.0. The van der Waals surface area contributed by atoms with Crippen LogP contribution in [-0.2, 0) is 10.0 Å². The third kappa shape index (κ3) is 1.68. The minimum atomic E-state index is -3.35. The molecule has 2 aliphatic rings. The van der Waals surface area contributed by atoms with Gasteiger partial charge in [-0.3, -0.25) is 0 Å². The van der Waals surface area contributed by atoms with Gasteiger partial charge in [0.25, 0.3) is 0 Å². The third-order valence-corrected chi connectivity index (χ3v) is 6.45. The topological polar surface area (TPSA) is 37.1 Å². The summed E-state index contributed by atoms with van der Waals surface area (Å²) in [5, 5.41) is 0. The molecule has 0 amide bonds. The van der Waals surface area contributed by atoms with Gasteiger partial charge >= 0.3 is 0 Å². The van der Waals surface area contributed by atoms with E-state index in [0.29, 0.717) is 4.90 Å². The van der Waals surface area contributed by atoms with Gasteiger partial charge in [0.05, 0.1) is 10.4 Å². The Kier molecular flexibility index (Phi) is 2.70. The summed E-state index contributed by atoms with van der Waals surface area (Å²) in [7, 11) is -3.35. The standard InChI is InChI=1S/C13H14BrNO2S/c1-13-9-3-2-4-12(13)15(13)18(16,17)11-7-5-10(14)6-8-11/h2-3,5-8,12H,4,9H2,1H3/t12-,13-,15?/m1/s1. The second-order valence-electron chi connectivity index (χ2n) is 5.04. The van der Waals surface area contributed by atoms with Crippen molar-refractivity contribution in [1.82, 2.24) is 4.31 Å². The predicted molar refractivity (Wildman–Crippen MR) is 73.7 cm³/mol. The van der Waals surface area contributed by atoms with E-state index in [-0.39, 0.29) is 11.6 Å². The molecule has 0 N–H and O–H groups in total. The van der Waals surface area contributed by atoms with Crippen LogP contribution in [0.4, 0.5) is 0 Å². The average molecular weight is 328 g/mol. The van der Waals surface area contributed by atoms with Crippen molar-refractivity contribution in [3.05, 3.63) is 40.9 Å². The Balaban J connectivity index is 1.96. The number of nitrogens with zero attached hydrogens (tertiary/aromatic N) is 1. The van der Waals surface area contributed by atoms with E-state index in [2.05, 4.69) is 28.1 Å². The Labute approximate surface area is 116 Å². The van der Waals surface area contributed by atoms with E-state index in [4.69, 9.17) is 0 Å². The Hall–Kier alpha value is -0.650. The van der Waals surface area contributed by atoms with Crippen LogP contribution in [0.5, 0.6) is 0 Å². The third-order valence-electron chi connectivity index (χ3n) is 3.86. The number of fused-ring (bicyclic) bond motifs is 1. The molecule has 0 radical (unpaired) electrons. The van der Waals surface area contributed by atoms with Gasteiger partial charge in [0, 0.05) is 10.5 Å². The molecule has 1 aromatic carbocycles. The first-order chi connectivity index (χ1) is 8.46. The first-order valence-electron chi connectivity index (χ1n) is 5.91. The molecule has 18 heavy (non-hydrogen) atoms. The van der Waals surface area contributed by atoms with E-state index in [1.165, 1.54) is 0 Å². The Morgan fingerprint density at radius 3 is 2.50 bits per heavy atom. The number of hydrogen-bond donors (Lipinski definition) is 0. The fourth-order valence-electron chi connectivity index (χ4n) is 2.75. The van der Waals surface area contributed by atoms with Gasteiger partial charge in [-0.05, 0) is 44.0 Å². The molecule has 0 saturated carbocycles. The van der Waals surface area contributed by atoms with Crippen LogP contribution < -0.4 is 0 Å². The summed E-state index contributed by atoms with van der Waals surface area (Å²) in [4.78, 5) is 0.376. The molecule has 3 nitrogen and oxygen atoms in total.